The number of nitrogens with one attached hydrogen (secondary N) is 2. The Morgan fingerprint density at radius 2 is 1.97 bits per heavy atom. The van der Waals surface area contributed by atoms with Crippen molar-refractivity contribution in [3.8, 4) is 5.75 Å². The van der Waals surface area contributed by atoms with Crippen LogP contribution in [0.2, 0.25) is 0 Å². The Kier molecular flexibility index (Phi) is 7.11. The number of rotatable bonds is 8. The van der Waals surface area contributed by atoms with Gasteiger partial charge in [-0.2, -0.15) is 4.72 Å². The summed E-state index contributed by atoms with van der Waals surface area (Å²) < 4.78 is 35.1. The molecule has 1 atom stereocenters. The predicted molar refractivity (Wildman–Crippen MR) is 137 cm³/mol. The van der Waals surface area contributed by atoms with Crippen LogP contribution in [0.4, 0.5) is 10.8 Å². The van der Waals surface area contributed by atoms with Crippen molar-refractivity contribution >= 4 is 54.2 Å². The minimum Gasteiger partial charge on any atom is -0.497 e. The maximum atomic E-state index is 13.2. The molecule has 1 aliphatic rings. The first-order valence-electron chi connectivity index (χ1n) is 11.3. The molecule has 4 rings (SSSR count). The Hall–Kier alpha value is -3.02. The van der Waals surface area contributed by atoms with Gasteiger partial charge in [-0.3, -0.25) is 9.59 Å². The van der Waals surface area contributed by atoms with E-state index in [1.54, 1.807) is 36.3 Å². The number of hydrogen-bond acceptors (Lipinski definition) is 7. The number of methoxy groups -OCH3 is 1. The van der Waals surface area contributed by atoms with E-state index >= 15 is 0 Å². The molecular weight excluding hydrogens is 488 g/mol. The molecule has 0 saturated carbocycles. The number of carbonyl (C=O) groups excluding carboxylic acids is 2. The Morgan fingerprint density at radius 1 is 1.20 bits per heavy atom. The monoisotopic (exact) mass is 516 g/mol. The number of fused-ring (bicyclic) bond motifs is 2. The second-order valence-corrected chi connectivity index (χ2v) is 11.6. The molecule has 11 heteroatoms. The Balaban J connectivity index is 1.54. The number of thiazole rings is 1. The second kappa shape index (κ2) is 9.92. The summed E-state index contributed by atoms with van der Waals surface area (Å²) in [6.07, 6.45) is 0.892. The summed E-state index contributed by atoms with van der Waals surface area (Å²) in [4.78, 5) is 31.0. The van der Waals surface area contributed by atoms with Gasteiger partial charge in [-0.05, 0) is 60.7 Å². The van der Waals surface area contributed by atoms with Crippen LogP contribution in [0.5, 0.6) is 5.75 Å². The van der Waals surface area contributed by atoms with Crippen molar-refractivity contribution in [2.75, 3.05) is 23.9 Å². The maximum Gasteiger partial charge on any atom is 0.244 e. The quantitative estimate of drug-likeness (QED) is 0.473. The van der Waals surface area contributed by atoms with Gasteiger partial charge in [-0.1, -0.05) is 25.2 Å². The molecule has 0 unspecified atom stereocenters. The molecule has 9 nitrogen and oxygen atoms in total. The zero-order valence-corrected chi connectivity index (χ0v) is 21.6. The topological polar surface area (TPSA) is 118 Å². The van der Waals surface area contributed by atoms with Gasteiger partial charge < -0.3 is 15.0 Å². The van der Waals surface area contributed by atoms with Crippen LogP contribution in [0.15, 0.2) is 41.3 Å². The van der Waals surface area contributed by atoms with E-state index in [-0.39, 0.29) is 16.7 Å². The molecule has 0 spiro atoms. The van der Waals surface area contributed by atoms with Crippen LogP contribution in [0.3, 0.4) is 0 Å². The Morgan fingerprint density at radius 3 is 2.66 bits per heavy atom. The lowest BCUT2D eigenvalue weighted by Gasteiger charge is -2.20. The summed E-state index contributed by atoms with van der Waals surface area (Å²) in [5.74, 6) is 0.194. The van der Waals surface area contributed by atoms with Crippen LogP contribution < -0.4 is 19.7 Å². The van der Waals surface area contributed by atoms with Crippen molar-refractivity contribution in [1.29, 1.82) is 0 Å². The molecule has 186 valence electrons. The van der Waals surface area contributed by atoms with E-state index in [2.05, 4.69) is 15.0 Å². The third-order valence-electron chi connectivity index (χ3n) is 5.78. The van der Waals surface area contributed by atoms with Crippen molar-refractivity contribution in [1.82, 2.24) is 9.71 Å². The molecule has 0 saturated heterocycles. The lowest BCUT2D eigenvalue weighted by Crippen LogP contribution is -2.44. The highest BCUT2D eigenvalue weighted by atomic mass is 32.2. The molecule has 0 aliphatic carbocycles. The normalized spacial score (nSPS) is 14.3. The summed E-state index contributed by atoms with van der Waals surface area (Å²) in [5, 5.41) is 3.15. The molecule has 0 bridgehead atoms. The summed E-state index contributed by atoms with van der Waals surface area (Å²) in [6.45, 7) is 5.85. The summed E-state index contributed by atoms with van der Waals surface area (Å²) >= 11 is 1.29. The minimum atomic E-state index is -3.98. The number of ether oxygens (including phenoxy) is 1. The third kappa shape index (κ3) is 5.47. The number of benzene rings is 2. The summed E-state index contributed by atoms with van der Waals surface area (Å²) in [6, 6.07) is 9.12. The number of sulfonamides is 1. The molecular formula is C24H28N4O5S2. The van der Waals surface area contributed by atoms with Crippen LogP contribution in [-0.2, 0) is 26.0 Å². The average Bonchev–Trinajstić information content (AvgIpc) is 3.40. The van der Waals surface area contributed by atoms with Crippen molar-refractivity contribution in [2.45, 2.75) is 44.6 Å². The molecule has 0 fully saturated rings. The van der Waals surface area contributed by atoms with E-state index in [0.29, 0.717) is 35.8 Å². The Labute approximate surface area is 208 Å². The van der Waals surface area contributed by atoms with Crippen LogP contribution in [-0.4, -0.2) is 44.9 Å². The van der Waals surface area contributed by atoms with Crippen molar-refractivity contribution in [2.24, 2.45) is 5.92 Å². The van der Waals surface area contributed by atoms with E-state index in [1.165, 1.54) is 24.3 Å². The van der Waals surface area contributed by atoms with Crippen molar-refractivity contribution in [3.63, 3.8) is 0 Å². The zero-order chi connectivity index (χ0) is 25.3. The van der Waals surface area contributed by atoms with Crippen LogP contribution in [0, 0.1) is 5.92 Å². The lowest BCUT2D eigenvalue weighted by molar-refractivity contribution is -0.118. The van der Waals surface area contributed by atoms with Crippen LogP contribution in [0.1, 0.15) is 32.8 Å². The number of anilines is 2. The standard InChI is InChI=1S/C24H28N4O5S2/c1-14(2)11-20(23(30)26-24-25-19-7-5-17(33-4)13-22(19)34-24)27-35(31,32)18-6-8-21-16(12-18)9-10-28(21)15(3)29/h5-8,12-14,20,27H,9-11H2,1-4H3,(H,25,26,30)/t20-/m1/s1. The molecule has 2 aromatic carbocycles. The fourth-order valence-electron chi connectivity index (χ4n) is 4.09. The first kappa shape index (κ1) is 25.1. The fraction of sp³-hybridized carbons (Fsp3) is 0.375. The first-order valence-corrected chi connectivity index (χ1v) is 13.6. The van der Waals surface area contributed by atoms with E-state index in [1.807, 2.05) is 19.9 Å². The highest BCUT2D eigenvalue weighted by Crippen LogP contribution is 2.31. The second-order valence-electron chi connectivity index (χ2n) is 8.86. The number of hydrogen-bond donors (Lipinski definition) is 2. The smallest absolute Gasteiger partial charge is 0.244 e. The summed E-state index contributed by atoms with van der Waals surface area (Å²) in [7, 11) is -2.41. The van der Waals surface area contributed by atoms with Gasteiger partial charge in [0.05, 0.1) is 22.2 Å². The number of nitrogens with zero attached hydrogens (tertiary/aromatic N) is 2. The minimum absolute atomic E-state index is 0.0651. The number of carbonyl (C=O) groups is 2. The van der Waals surface area contributed by atoms with Gasteiger partial charge in [0.25, 0.3) is 0 Å². The van der Waals surface area contributed by atoms with E-state index < -0.39 is 22.0 Å². The van der Waals surface area contributed by atoms with Gasteiger partial charge in [-0.25, -0.2) is 13.4 Å². The molecule has 2 N–H and O–H groups in total. The number of aromatic nitrogens is 1. The van der Waals surface area contributed by atoms with Crippen molar-refractivity contribution < 1.29 is 22.7 Å². The van der Waals surface area contributed by atoms with Gasteiger partial charge >= 0.3 is 0 Å². The Bertz CT molecular complexity index is 1380. The van der Waals surface area contributed by atoms with Gasteiger partial charge in [0.1, 0.15) is 11.8 Å². The molecule has 1 aliphatic heterocycles. The fourth-order valence-corrected chi connectivity index (χ4v) is 6.24. The molecule has 0 radical (unpaired) electrons. The van der Waals surface area contributed by atoms with Gasteiger partial charge in [0.2, 0.25) is 21.8 Å². The van der Waals surface area contributed by atoms with Crippen LogP contribution >= 0.6 is 11.3 Å². The molecule has 2 heterocycles. The number of amides is 2. The summed E-state index contributed by atoms with van der Waals surface area (Å²) in [5.41, 5.74) is 2.23. The van der Waals surface area contributed by atoms with E-state index in [4.69, 9.17) is 4.74 Å². The maximum absolute atomic E-state index is 13.2. The zero-order valence-electron chi connectivity index (χ0n) is 20.0. The molecule has 35 heavy (non-hydrogen) atoms. The average molecular weight is 517 g/mol. The SMILES string of the molecule is COc1ccc2nc(NC(=O)[C@@H](CC(C)C)NS(=O)(=O)c3ccc4c(c3)CCN4C(C)=O)sc2c1. The van der Waals surface area contributed by atoms with Gasteiger partial charge in [0, 0.05) is 19.2 Å². The third-order valence-corrected chi connectivity index (χ3v) is 8.19. The highest BCUT2D eigenvalue weighted by molar-refractivity contribution is 7.89. The van der Waals surface area contributed by atoms with Gasteiger partial charge in [0.15, 0.2) is 5.13 Å². The van der Waals surface area contributed by atoms with Crippen LogP contribution in [0.25, 0.3) is 10.2 Å². The molecule has 1 aromatic heterocycles. The largest absolute Gasteiger partial charge is 0.497 e. The van der Waals surface area contributed by atoms with E-state index in [0.717, 1.165) is 16.0 Å². The highest BCUT2D eigenvalue weighted by Gasteiger charge is 2.29. The lowest BCUT2D eigenvalue weighted by atomic mass is 10.0. The molecule has 3 aromatic rings. The predicted octanol–water partition coefficient (Wildman–Crippen LogP) is 3.55. The first-order chi connectivity index (χ1) is 16.6. The molecule has 2 amide bonds. The van der Waals surface area contributed by atoms with Gasteiger partial charge in [-0.15, -0.1) is 0 Å². The van der Waals surface area contributed by atoms with Crippen molar-refractivity contribution in [3.05, 3.63) is 42.0 Å². The van der Waals surface area contributed by atoms with E-state index in [9.17, 15) is 18.0 Å².